The fourth-order valence-electron chi connectivity index (χ4n) is 9.69. The zero-order valence-electron chi connectivity index (χ0n) is 34.7. The van der Waals surface area contributed by atoms with E-state index < -0.39 is 41.8 Å². The molecule has 15 nitrogen and oxygen atoms in total. The first-order valence-electron chi connectivity index (χ1n) is 21.4. The number of imide groups is 1. The van der Waals surface area contributed by atoms with E-state index in [1.165, 1.54) is 34.6 Å². The molecule has 63 heavy (non-hydrogen) atoms. The number of amides is 2. The zero-order chi connectivity index (χ0) is 43.9. The van der Waals surface area contributed by atoms with Crippen LogP contribution in [-0.4, -0.2) is 105 Å². The highest BCUT2D eigenvalue weighted by molar-refractivity contribution is 6.33. The number of nitrogens with zero attached hydrogens (tertiary/aromatic N) is 8. The molecule has 4 fully saturated rings. The number of piperidine rings is 2. The van der Waals surface area contributed by atoms with Crippen LogP contribution in [0.25, 0.3) is 21.8 Å². The number of hydrogen-bond acceptors (Lipinski definition) is 12. The average molecular weight is 892 g/mol. The van der Waals surface area contributed by atoms with Gasteiger partial charge in [-0.2, -0.15) is 10.1 Å². The second kappa shape index (κ2) is 15.8. The van der Waals surface area contributed by atoms with Crippen LogP contribution in [0.4, 0.5) is 46.4 Å². The first kappa shape index (κ1) is 41.3. The van der Waals surface area contributed by atoms with Gasteiger partial charge in [-0.1, -0.05) is 11.6 Å². The lowest BCUT2D eigenvalue weighted by molar-refractivity contribution is -0.134. The van der Waals surface area contributed by atoms with Gasteiger partial charge in [-0.25, -0.2) is 22.5 Å². The maximum absolute atomic E-state index is 16.1. The molecule has 1 saturated carbocycles. The number of rotatable bonds is 8. The summed E-state index contributed by atoms with van der Waals surface area (Å²) in [6.07, 6.45) is 5.04. The summed E-state index contributed by atoms with van der Waals surface area (Å²) in [5.74, 6) is -5.13. The lowest BCUT2D eigenvalue weighted by atomic mass is 9.92. The monoisotopic (exact) mass is 891 g/mol. The number of benzene rings is 2. The van der Waals surface area contributed by atoms with Gasteiger partial charge in [0.15, 0.2) is 18.2 Å². The molecule has 0 spiro atoms. The number of ether oxygens (including phenoxy) is 1. The molecule has 5 aromatic rings. The molecule has 4 aliphatic heterocycles. The highest BCUT2D eigenvalue weighted by Crippen LogP contribution is 2.46. The van der Waals surface area contributed by atoms with E-state index in [0.717, 1.165) is 32.5 Å². The van der Waals surface area contributed by atoms with Crippen molar-refractivity contribution in [3.63, 3.8) is 0 Å². The van der Waals surface area contributed by atoms with Gasteiger partial charge in [0.1, 0.15) is 16.4 Å². The van der Waals surface area contributed by atoms with E-state index >= 15 is 17.6 Å². The van der Waals surface area contributed by atoms with Crippen molar-refractivity contribution in [3.8, 4) is 5.75 Å². The summed E-state index contributed by atoms with van der Waals surface area (Å²) in [4.78, 5) is 53.2. The number of pyridine rings is 1. The molecule has 0 radical (unpaired) electrons. The molecule has 2 amide bonds. The van der Waals surface area contributed by atoms with Crippen LogP contribution in [-0.2, 0) is 23.7 Å². The predicted octanol–water partition coefficient (Wildman–Crippen LogP) is 5.67. The van der Waals surface area contributed by atoms with Crippen molar-refractivity contribution >= 4 is 74.0 Å². The number of halogens is 5. The van der Waals surface area contributed by atoms with Crippen molar-refractivity contribution in [2.24, 2.45) is 25.9 Å². The van der Waals surface area contributed by atoms with Crippen LogP contribution < -0.4 is 36.0 Å². The summed E-state index contributed by atoms with van der Waals surface area (Å²) in [5.41, 5.74) is 0.953. The van der Waals surface area contributed by atoms with Crippen LogP contribution in [0.1, 0.15) is 50.1 Å². The molecule has 20 heteroatoms. The number of piperazine rings is 1. The first-order valence-corrected chi connectivity index (χ1v) is 21.8. The second-order valence-corrected chi connectivity index (χ2v) is 17.9. The third kappa shape index (κ3) is 7.55. The van der Waals surface area contributed by atoms with Crippen molar-refractivity contribution < 1.29 is 31.9 Å². The largest absolute Gasteiger partial charge is 0.480 e. The van der Waals surface area contributed by atoms with Crippen molar-refractivity contribution in [1.29, 1.82) is 0 Å². The van der Waals surface area contributed by atoms with Gasteiger partial charge in [-0.3, -0.25) is 29.3 Å². The molecule has 10 rings (SSSR count). The smallest absolute Gasteiger partial charge is 0.301 e. The lowest BCUT2D eigenvalue weighted by Gasteiger charge is -2.39. The average Bonchev–Trinajstić information content (AvgIpc) is 4.06. The zero-order valence-corrected chi connectivity index (χ0v) is 35.5. The van der Waals surface area contributed by atoms with Crippen molar-refractivity contribution in [2.45, 2.75) is 56.4 Å². The summed E-state index contributed by atoms with van der Waals surface area (Å²) in [5, 5.41) is 13.9. The fourth-order valence-corrected chi connectivity index (χ4v) is 9.83. The Labute approximate surface area is 363 Å². The van der Waals surface area contributed by atoms with E-state index in [2.05, 4.69) is 40.8 Å². The van der Waals surface area contributed by atoms with Crippen LogP contribution >= 0.6 is 11.6 Å². The fraction of sp³-hybridized carbons (Fsp3) is 0.488. The van der Waals surface area contributed by atoms with Crippen LogP contribution in [0, 0.1) is 23.5 Å². The van der Waals surface area contributed by atoms with Crippen LogP contribution in [0.2, 0.25) is 5.02 Å². The third-order valence-corrected chi connectivity index (χ3v) is 13.6. The molecule has 3 N–H and O–H groups in total. The quantitative estimate of drug-likeness (QED) is 0.130. The normalized spacial score (nSPS) is 22.1. The molecule has 3 saturated heterocycles. The molecule has 3 aromatic heterocycles. The van der Waals surface area contributed by atoms with Gasteiger partial charge in [0.25, 0.3) is 5.56 Å². The summed E-state index contributed by atoms with van der Waals surface area (Å²) in [7, 11) is 3.11. The van der Waals surface area contributed by atoms with Gasteiger partial charge in [-0.15, -0.1) is 0 Å². The number of anilines is 5. The number of alkyl halides is 2. The standard InChI is InChI=1S/C43H46ClF4N11O4/c1-55-31-18-28(45)29(17-26(31)35-37(41(55)62)63-21-43(47,48)38(52-35)23-3-4-23)50-39-27(44)19-49-42(53-39)59-11-9-22(10-12-59)20-57-13-15-58(16-14-57)30-7-5-24-34(54-56(2)36(24)33(30)46)25-6-8-32(60)51-40(25)61/h5,7,17-19,22-23,25,38,52H,3-4,6,8-16,20-21H2,1-2H3,(H,49,50,53)(H,51,60,61)/t25?,38-/m0/s1. The molecule has 332 valence electrons. The minimum atomic E-state index is -3.22. The Morgan fingerprint density at radius 2 is 1.71 bits per heavy atom. The molecule has 2 aromatic carbocycles. The molecule has 2 atom stereocenters. The Bertz CT molecular complexity index is 2730. The van der Waals surface area contributed by atoms with Crippen molar-refractivity contribution in [1.82, 2.24) is 34.5 Å². The second-order valence-electron chi connectivity index (χ2n) is 17.4. The number of carbonyl (C=O) groups excluding carboxylic acids is 2. The summed E-state index contributed by atoms with van der Waals surface area (Å²) >= 11 is 6.55. The third-order valence-electron chi connectivity index (χ3n) is 13.3. The molecule has 5 aliphatic rings. The molecule has 7 heterocycles. The van der Waals surface area contributed by atoms with Gasteiger partial charge in [-0.05, 0) is 62.1 Å². The number of aromatic nitrogens is 5. The van der Waals surface area contributed by atoms with E-state index in [1.54, 1.807) is 13.1 Å². The number of nitrogens with one attached hydrogen (secondary N) is 3. The summed E-state index contributed by atoms with van der Waals surface area (Å²) in [6, 6.07) is 4.98. The Kier molecular flexibility index (Phi) is 10.4. The molecular formula is C43H46ClF4N11O4. The summed E-state index contributed by atoms with van der Waals surface area (Å²) < 4.78 is 70.3. The van der Waals surface area contributed by atoms with Crippen molar-refractivity contribution in [3.05, 3.63) is 63.2 Å². The van der Waals surface area contributed by atoms with Crippen LogP contribution in [0.15, 0.2) is 35.3 Å². The number of aryl methyl sites for hydroxylation is 2. The predicted molar refractivity (Wildman–Crippen MR) is 229 cm³/mol. The Morgan fingerprint density at radius 1 is 0.952 bits per heavy atom. The van der Waals surface area contributed by atoms with E-state index in [-0.39, 0.29) is 57.5 Å². The maximum atomic E-state index is 16.1. The molecule has 1 unspecified atom stereocenters. The Hall–Kier alpha value is -5.69. The SMILES string of the molecule is Cn1nc(C2CCC(=O)NC2=O)c2ccc(N3CCN(CC4CCN(c5ncc(Cl)c(Nc6cc7c8c(c(=O)n(C)c7cc6F)OCC(F)(F)[C@H](C6CC6)N8)n5)CC4)CC3)c(F)c21. The number of carbonyl (C=O) groups is 2. The van der Waals surface area contributed by atoms with Gasteiger partial charge < -0.3 is 29.7 Å². The highest BCUT2D eigenvalue weighted by atomic mass is 35.5. The van der Waals surface area contributed by atoms with Crippen molar-refractivity contribution in [2.75, 3.05) is 72.9 Å². The lowest BCUT2D eigenvalue weighted by Crippen LogP contribution is -2.49. The minimum absolute atomic E-state index is 0.0198. The van der Waals surface area contributed by atoms with Gasteiger partial charge in [0.05, 0.1) is 46.4 Å². The molecule has 1 aliphatic carbocycles. The minimum Gasteiger partial charge on any atom is -0.480 e. The van der Waals surface area contributed by atoms with E-state index in [9.17, 15) is 14.4 Å². The van der Waals surface area contributed by atoms with E-state index in [4.69, 9.17) is 16.3 Å². The number of hydrogen-bond donors (Lipinski definition) is 3. The van der Waals surface area contributed by atoms with Gasteiger partial charge in [0, 0.05) is 83.2 Å². The Balaban J connectivity index is 0.781. The molecular weight excluding hydrogens is 846 g/mol. The van der Waals surface area contributed by atoms with E-state index in [0.29, 0.717) is 85.0 Å². The molecule has 0 bridgehead atoms. The Morgan fingerprint density at radius 3 is 2.44 bits per heavy atom. The van der Waals surface area contributed by atoms with Crippen LogP contribution in [0.3, 0.4) is 0 Å². The van der Waals surface area contributed by atoms with Gasteiger partial charge >= 0.3 is 5.92 Å². The maximum Gasteiger partial charge on any atom is 0.301 e. The number of fused-ring (bicyclic) bond motifs is 4. The highest BCUT2D eigenvalue weighted by Gasteiger charge is 2.51. The topological polar surface area (TPSA) is 155 Å². The van der Waals surface area contributed by atoms with Crippen LogP contribution in [0.5, 0.6) is 5.75 Å². The van der Waals surface area contributed by atoms with Gasteiger partial charge in [0.2, 0.25) is 23.5 Å². The van der Waals surface area contributed by atoms with E-state index in [1.807, 2.05) is 11.0 Å². The first-order chi connectivity index (χ1) is 30.2. The summed E-state index contributed by atoms with van der Waals surface area (Å²) in [6.45, 7) is 4.14.